The van der Waals surface area contributed by atoms with Gasteiger partial charge in [0.15, 0.2) is 5.78 Å². The molecule has 25 heavy (non-hydrogen) atoms. The highest BCUT2D eigenvalue weighted by atomic mass is 16.3. The fourth-order valence-electron chi connectivity index (χ4n) is 2.49. The van der Waals surface area contributed by atoms with Gasteiger partial charge in [0.1, 0.15) is 5.75 Å². The molecule has 0 bridgehead atoms. The third kappa shape index (κ3) is 4.60. The van der Waals surface area contributed by atoms with Crippen molar-refractivity contribution < 1.29 is 9.90 Å². The highest BCUT2D eigenvalue weighted by Crippen LogP contribution is 2.31. The van der Waals surface area contributed by atoms with Crippen LogP contribution < -0.4 is 4.90 Å². The van der Waals surface area contributed by atoms with E-state index in [0.29, 0.717) is 5.56 Å². The molecule has 0 aliphatic rings. The van der Waals surface area contributed by atoms with E-state index in [1.807, 2.05) is 63.2 Å². The quantitative estimate of drug-likeness (QED) is 0.457. The van der Waals surface area contributed by atoms with E-state index in [4.69, 9.17) is 0 Å². The van der Waals surface area contributed by atoms with Crippen molar-refractivity contribution in [1.29, 1.82) is 0 Å². The predicted octanol–water partition coefficient (Wildman–Crippen LogP) is 5.03. The average molecular weight is 335 g/mol. The van der Waals surface area contributed by atoms with Gasteiger partial charge in [-0.05, 0) is 42.8 Å². The second kappa shape index (κ2) is 7.84. The molecule has 1 N–H and O–H groups in total. The van der Waals surface area contributed by atoms with Crippen LogP contribution in [0.3, 0.4) is 0 Å². The zero-order chi connectivity index (χ0) is 18.6. The monoisotopic (exact) mass is 335 g/mol. The van der Waals surface area contributed by atoms with Crippen molar-refractivity contribution in [1.82, 2.24) is 0 Å². The number of hydrogen-bond acceptors (Lipinski definition) is 3. The Bertz CT molecular complexity index is 819. The summed E-state index contributed by atoms with van der Waals surface area (Å²) in [5.41, 5.74) is 4.31. The minimum atomic E-state index is -0.0497. The maximum Gasteiger partial charge on any atom is 0.185 e. The van der Waals surface area contributed by atoms with Gasteiger partial charge >= 0.3 is 0 Å². The largest absolute Gasteiger partial charge is 0.508 e. The number of aromatic hydroxyl groups is 1. The maximum absolute atomic E-state index is 12.4. The molecule has 0 aliphatic heterocycles. The van der Waals surface area contributed by atoms with Crippen molar-refractivity contribution in [2.45, 2.75) is 19.8 Å². The third-order valence-electron chi connectivity index (χ3n) is 4.33. The summed E-state index contributed by atoms with van der Waals surface area (Å²) in [6, 6.07) is 12.9. The second-order valence-electron chi connectivity index (χ2n) is 6.53. The van der Waals surface area contributed by atoms with E-state index >= 15 is 0 Å². The Morgan fingerprint density at radius 2 is 1.92 bits per heavy atom. The standard InChI is InChI=1S/C22H25NO2/c1-15(2)16(3)20-13-17(10-12-22(20)25)9-11-21(24)18-7-6-8-19(14-18)23(4)5/h6-14,16,25H,1H2,2-5H3/b11-9+. The fraction of sp³-hybridized carbons (Fsp3) is 0.227. The van der Waals surface area contributed by atoms with Crippen LogP contribution in [-0.2, 0) is 0 Å². The highest BCUT2D eigenvalue weighted by Gasteiger charge is 2.11. The number of phenols is 1. The first-order valence-corrected chi connectivity index (χ1v) is 8.27. The normalized spacial score (nSPS) is 12.2. The summed E-state index contributed by atoms with van der Waals surface area (Å²) in [7, 11) is 3.89. The molecule has 0 aliphatic carbocycles. The van der Waals surface area contributed by atoms with Gasteiger partial charge in [0.05, 0.1) is 0 Å². The lowest BCUT2D eigenvalue weighted by atomic mass is 9.92. The van der Waals surface area contributed by atoms with Gasteiger partial charge in [0, 0.05) is 36.8 Å². The molecule has 2 rings (SSSR count). The molecule has 0 saturated heterocycles. The predicted molar refractivity (Wildman–Crippen MR) is 105 cm³/mol. The highest BCUT2D eigenvalue weighted by molar-refractivity contribution is 6.07. The number of rotatable bonds is 6. The Labute approximate surface area is 149 Å². The van der Waals surface area contributed by atoms with E-state index in [0.717, 1.165) is 22.4 Å². The zero-order valence-corrected chi connectivity index (χ0v) is 15.3. The zero-order valence-electron chi connectivity index (χ0n) is 15.3. The van der Waals surface area contributed by atoms with Gasteiger partial charge < -0.3 is 10.0 Å². The average Bonchev–Trinajstić information content (AvgIpc) is 2.60. The van der Waals surface area contributed by atoms with Crippen LogP contribution in [-0.4, -0.2) is 25.0 Å². The first kappa shape index (κ1) is 18.5. The summed E-state index contributed by atoms with van der Waals surface area (Å²) >= 11 is 0. The molecule has 130 valence electrons. The van der Waals surface area contributed by atoms with Crippen LogP contribution in [0.25, 0.3) is 6.08 Å². The minimum absolute atomic E-state index is 0.0497. The molecule has 0 saturated carbocycles. The van der Waals surface area contributed by atoms with Gasteiger partial charge in [0.25, 0.3) is 0 Å². The van der Waals surface area contributed by atoms with Crippen molar-refractivity contribution >= 4 is 17.5 Å². The third-order valence-corrected chi connectivity index (χ3v) is 4.33. The van der Waals surface area contributed by atoms with Crippen LogP contribution in [0.1, 0.15) is 41.3 Å². The Morgan fingerprint density at radius 3 is 2.56 bits per heavy atom. The van der Waals surface area contributed by atoms with Crippen LogP contribution in [0, 0.1) is 0 Å². The number of anilines is 1. The summed E-state index contributed by atoms with van der Waals surface area (Å²) in [6.45, 7) is 7.89. The molecule has 2 aromatic rings. The van der Waals surface area contributed by atoms with Gasteiger partial charge in [-0.3, -0.25) is 4.79 Å². The SMILES string of the molecule is C=C(C)C(C)c1cc(/C=C/C(=O)c2cccc(N(C)C)c2)ccc1O. The summed E-state index contributed by atoms with van der Waals surface area (Å²) in [5.74, 6) is 0.254. The summed E-state index contributed by atoms with van der Waals surface area (Å²) in [4.78, 5) is 14.4. The molecule has 0 aromatic heterocycles. The van der Waals surface area contributed by atoms with Crippen LogP contribution in [0.2, 0.25) is 0 Å². The molecule has 0 heterocycles. The van der Waals surface area contributed by atoms with Crippen LogP contribution >= 0.6 is 0 Å². The summed E-state index contributed by atoms with van der Waals surface area (Å²) in [6.07, 6.45) is 3.34. The minimum Gasteiger partial charge on any atom is -0.508 e. The van der Waals surface area contributed by atoms with E-state index < -0.39 is 0 Å². The lowest BCUT2D eigenvalue weighted by Gasteiger charge is -2.14. The van der Waals surface area contributed by atoms with Gasteiger partial charge in [-0.25, -0.2) is 0 Å². The van der Waals surface area contributed by atoms with Crippen LogP contribution in [0.4, 0.5) is 5.69 Å². The van der Waals surface area contributed by atoms with Crippen molar-refractivity contribution in [3.8, 4) is 5.75 Å². The van der Waals surface area contributed by atoms with E-state index in [2.05, 4.69) is 6.58 Å². The van der Waals surface area contributed by atoms with E-state index in [1.165, 1.54) is 0 Å². The van der Waals surface area contributed by atoms with Gasteiger partial charge in [-0.1, -0.05) is 43.4 Å². The first-order chi connectivity index (χ1) is 11.8. The molecular formula is C22H25NO2. The molecule has 2 aromatic carbocycles. The lowest BCUT2D eigenvalue weighted by Crippen LogP contribution is -2.09. The van der Waals surface area contributed by atoms with Crippen molar-refractivity contribution in [3.05, 3.63) is 77.4 Å². The molecule has 0 fully saturated rings. The maximum atomic E-state index is 12.4. The molecule has 3 nitrogen and oxygen atoms in total. The number of allylic oxidation sites excluding steroid dienone is 2. The Balaban J connectivity index is 2.24. The molecular weight excluding hydrogens is 310 g/mol. The Morgan fingerprint density at radius 1 is 1.20 bits per heavy atom. The topological polar surface area (TPSA) is 40.5 Å². The van der Waals surface area contributed by atoms with Crippen LogP contribution in [0.5, 0.6) is 5.75 Å². The van der Waals surface area contributed by atoms with E-state index in [9.17, 15) is 9.90 Å². The van der Waals surface area contributed by atoms with Crippen LogP contribution in [0.15, 0.2) is 60.7 Å². The number of hydrogen-bond donors (Lipinski definition) is 1. The van der Waals surface area contributed by atoms with Crippen molar-refractivity contribution in [2.75, 3.05) is 19.0 Å². The van der Waals surface area contributed by atoms with Gasteiger partial charge in [-0.2, -0.15) is 0 Å². The number of nitrogens with zero attached hydrogens (tertiary/aromatic N) is 1. The smallest absolute Gasteiger partial charge is 0.185 e. The Hall–Kier alpha value is -2.81. The summed E-state index contributed by atoms with van der Waals surface area (Å²) in [5, 5.41) is 10.1. The number of carbonyl (C=O) groups is 1. The molecule has 1 unspecified atom stereocenters. The molecule has 1 atom stereocenters. The fourth-order valence-corrected chi connectivity index (χ4v) is 2.49. The van der Waals surface area contributed by atoms with Crippen molar-refractivity contribution in [2.24, 2.45) is 0 Å². The second-order valence-corrected chi connectivity index (χ2v) is 6.53. The molecule has 0 spiro atoms. The first-order valence-electron chi connectivity index (χ1n) is 8.27. The number of benzene rings is 2. The summed E-state index contributed by atoms with van der Waals surface area (Å²) < 4.78 is 0. The Kier molecular flexibility index (Phi) is 5.81. The lowest BCUT2D eigenvalue weighted by molar-refractivity contribution is 0.104. The van der Waals surface area contributed by atoms with Crippen molar-refractivity contribution in [3.63, 3.8) is 0 Å². The van der Waals surface area contributed by atoms with E-state index in [-0.39, 0.29) is 17.5 Å². The molecule has 0 radical (unpaired) electrons. The van der Waals surface area contributed by atoms with Gasteiger partial charge in [0.2, 0.25) is 0 Å². The van der Waals surface area contributed by atoms with E-state index in [1.54, 1.807) is 24.3 Å². The molecule has 0 amide bonds. The molecule has 3 heteroatoms. The number of carbonyl (C=O) groups excluding carboxylic acids is 1. The van der Waals surface area contributed by atoms with Gasteiger partial charge in [-0.15, -0.1) is 0 Å². The number of ketones is 1. The number of phenolic OH excluding ortho intramolecular Hbond substituents is 1.